The Morgan fingerprint density at radius 3 is 2.06 bits per heavy atom. The summed E-state index contributed by atoms with van der Waals surface area (Å²) in [5.41, 5.74) is 2.00. The molecule has 2 N–H and O–H groups in total. The largest absolute Gasteiger partial charge is 0.490 e. The van der Waals surface area contributed by atoms with Gasteiger partial charge in [0.2, 0.25) is 0 Å². The molecule has 0 fully saturated rings. The molecule has 1 aromatic carbocycles. The van der Waals surface area contributed by atoms with Crippen LogP contribution in [0.4, 0.5) is 0 Å². The lowest BCUT2D eigenvalue weighted by molar-refractivity contribution is 0.0280. The van der Waals surface area contributed by atoms with Crippen LogP contribution in [0.2, 0.25) is 0 Å². The molecule has 0 radical (unpaired) electrons. The van der Waals surface area contributed by atoms with E-state index in [-0.39, 0.29) is 13.2 Å². The average molecular weight is 224 g/mol. The fourth-order valence-electron chi connectivity index (χ4n) is 1.61. The quantitative estimate of drug-likeness (QED) is 0.821. The molecule has 0 heterocycles. The molecule has 0 aliphatic rings. The Bertz CT molecular complexity index is 341. The SMILES string of the molecule is Cc1cc(CO)cc(C)c1OCC(C)(C)O. The lowest BCUT2D eigenvalue weighted by atomic mass is 10.1. The predicted molar refractivity (Wildman–Crippen MR) is 63.6 cm³/mol. The third-order valence-corrected chi connectivity index (χ3v) is 2.27. The van der Waals surface area contributed by atoms with Gasteiger partial charge in [0.05, 0.1) is 12.2 Å². The van der Waals surface area contributed by atoms with Crippen molar-refractivity contribution in [2.45, 2.75) is 39.9 Å². The van der Waals surface area contributed by atoms with E-state index in [0.717, 1.165) is 22.4 Å². The van der Waals surface area contributed by atoms with Crippen LogP contribution in [-0.4, -0.2) is 22.4 Å². The van der Waals surface area contributed by atoms with Crippen LogP contribution in [0.3, 0.4) is 0 Å². The summed E-state index contributed by atoms with van der Waals surface area (Å²) in [7, 11) is 0. The van der Waals surface area contributed by atoms with Gasteiger partial charge in [-0.2, -0.15) is 0 Å². The standard InChI is InChI=1S/C13H20O3/c1-9-5-11(7-14)6-10(2)12(9)16-8-13(3,4)15/h5-6,14-15H,7-8H2,1-4H3. The zero-order valence-electron chi connectivity index (χ0n) is 10.4. The van der Waals surface area contributed by atoms with Crippen molar-refractivity contribution in [3.05, 3.63) is 28.8 Å². The van der Waals surface area contributed by atoms with Crippen molar-refractivity contribution in [3.63, 3.8) is 0 Å². The molecule has 0 unspecified atom stereocenters. The zero-order valence-corrected chi connectivity index (χ0v) is 10.4. The summed E-state index contributed by atoms with van der Waals surface area (Å²) in [4.78, 5) is 0. The van der Waals surface area contributed by atoms with Crippen molar-refractivity contribution in [1.29, 1.82) is 0 Å². The Morgan fingerprint density at radius 2 is 1.69 bits per heavy atom. The fourth-order valence-corrected chi connectivity index (χ4v) is 1.61. The van der Waals surface area contributed by atoms with Crippen LogP contribution in [0.15, 0.2) is 12.1 Å². The molecule has 16 heavy (non-hydrogen) atoms. The summed E-state index contributed by atoms with van der Waals surface area (Å²) in [6.07, 6.45) is 0. The third-order valence-electron chi connectivity index (χ3n) is 2.27. The van der Waals surface area contributed by atoms with Gasteiger partial charge in [0.1, 0.15) is 12.4 Å². The van der Waals surface area contributed by atoms with Crippen LogP contribution in [0, 0.1) is 13.8 Å². The summed E-state index contributed by atoms with van der Waals surface area (Å²) in [6, 6.07) is 3.79. The first-order valence-corrected chi connectivity index (χ1v) is 5.39. The maximum absolute atomic E-state index is 9.60. The van der Waals surface area contributed by atoms with Crippen molar-refractivity contribution in [2.24, 2.45) is 0 Å². The zero-order chi connectivity index (χ0) is 12.3. The van der Waals surface area contributed by atoms with Crippen LogP contribution in [0.5, 0.6) is 5.75 Å². The normalized spacial score (nSPS) is 11.6. The smallest absolute Gasteiger partial charge is 0.125 e. The Balaban J connectivity index is 2.88. The molecule has 1 rings (SSSR count). The van der Waals surface area contributed by atoms with Crippen LogP contribution < -0.4 is 4.74 Å². The van der Waals surface area contributed by atoms with Crippen LogP contribution in [-0.2, 0) is 6.61 Å². The van der Waals surface area contributed by atoms with E-state index in [4.69, 9.17) is 9.84 Å². The van der Waals surface area contributed by atoms with Gasteiger partial charge in [0, 0.05) is 0 Å². The van der Waals surface area contributed by atoms with Gasteiger partial charge in [-0.15, -0.1) is 0 Å². The number of aryl methyl sites for hydroxylation is 2. The van der Waals surface area contributed by atoms with Gasteiger partial charge in [-0.25, -0.2) is 0 Å². The van der Waals surface area contributed by atoms with Crippen molar-refractivity contribution in [3.8, 4) is 5.75 Å². The molecule has 3 nitrogen and oxygen atoms in total. The summed E-state index contributed by atoms with van der Waals surface area (Å²) in [6.45, 7) is 7.58. The molecule has 90 valence electrons. The van der Waals surface area contributed by atoms with Gasteiger partial charge in [-0.3, -0.25) is 0 Å². The highest BCUT2D eigenvalue weighted by Crippen LogP contribution is 2.25. The van der Waals surface area contributed by atoms with Gasteiger partial charge in [0.25, 0.3) is 0 Å². The van der Waals surface area contributed by atoms with E-state index in [0.29, 0.717) is 0 Å². The van der Waals surface area contributed by atoms with Crippen molar-refractivity contribution < 1.29 is 14.9 Å². The molecule has 0 spiro atoms. The lowest BCUT2D eigenvalue weighted by Crippen LogP contribution is -2.28. The monoisotopic (exact) mass is 224 g/mol. The number of benzene rings is 1. The Hall–Kier alpha value is -1.06. The molecule has 1 aromatic rings. The van der Waals surface area contributed by atoms with E-state index in [1.54, 1.807) is 13.8 Å². The molecule has 3 heteroatoms. The first-order valence-electron chi connectivity index (χ1n) is 5.39. The minimum Gasteiger partial charge on any atom is -0.490 e. The Labute approximate surface area is 96.7 Å². The van der Waals surface area contributed by atoms with Crippen LogP contribution in [0.25, 0.3) is 0 Å². The van der Waals surface area contributed by atoms with E-state index >= 15 is 0 Å². The van der Waals surface area contributed by atoms with Gasteiger partial charge in [-0.1, -0.05) is 12.1 Å². The van der Waals surface area contributed by atoms with E-state index in [1.807, 2.05) is 26.0 Å². The van der Waals surface area contributed by atoms with E-state index in [1.165, 1.54) is 0 Å². The van der Waals surface area contributed by atoms with Gasteiger partial charge in [-0.05, 0) is 44.4 Å². The Kier molecular flexibility index (Phi) is 3.94. The molecule has 0 aliphatic carbocycles. The second kappa shape index (κ2) is 4.85. The number of rotatable bonds is 4. The number of aliphatic hydroxyl groups excluding tert-OH is 1. The number of hydrogen-bond acceptors (Lipinski definition) is 3. The Morgan fingerprint density at radius 1 is 1.19 bits per heavy atom. The van der Waals surface area contributed by atoms with Crippen molar-refractivity contribution in [2.75, 3.05) is 6.61 Å². The number of ether oxygens (including phenoxy) is 1. The predicted octanol–water partition coefficient (Wildman–Crippen LogP) is 1.95. The minimum atomic E-state index is -0.839. The van der Waals surface area contributed by atoms with Crippen LogP contribution in [0.1, 0.15) is 30.5 Å². The molecular formula is C13H20O3. The summed E-state index contributed by atoms with van der Waals surface area (Å²) in [5.74, 6) is 0.791. The molecule has 0 saturated carbocycles. The number of hydrogen-bond donors (Lipinski definition) is 2. The van der Waals surface area contributed by atoms with E-state index < -0.39 is 5.60 Å². The van der Waals surface area contributed by atoms with Crippen LogP contribution >= 0.6 is 0 Å². The van der Waals surface area contributed by atoms with Crippen molar-refractivity contribution in [1.82, 2.24) is 0 Å². The summed E-state index contributed by atoms with van der Waals surface area (Å²) >= 11 is 0. The first-order chi connectivity index (χ1) is 7.33. The van der Waals surface area contributed by atoms with E-state index in [2.05, 4.69) is 0 Å². The number of aliphatic hydroxyl groups is 2. The second-order valence-electron chi connectivity index (χ2n) is 4.82. The van der Waals surface area contributed by atoms with Crippen molar-refractivity contribution >= 4 is 0 Å². The summed E-state index contributed by atoms with van der Waals surface area (Å²) in [5, 5.41) is 18.7. The maximum Gasteiger partial charge on any atom is 0.125 e. The second-order valence-corrected chi connectivity index (χ2v) is 4.82. The molecular weight excluding hydrogens is 204 g/mol. The van der Waals surface area contributed by atoms with Gasteiger partial charge < -0.3 is 14.9 Å². The third kappa shape index (κ3) is 3.51. The maximum atomic E-state index is 9.60. The average Bonchev–Trinajstić information content (AvgIpc) is 2.14. The first kappa shape index (κ1) is 13.0. The van der Waals surface area contributed by atoms with Gasteiger partial charge >= 0.3 is 0 Å². The lowest BCUT2D eigenvalue weighted by Gasteiger charge is -2.20. The van der Waals surface area contributed by atoms with E-state index in [9.17, 15) is 5.11 Å². The highest BCUT2D eigenvalue weighted by Gasteiger charge is 2.15. The molecule has 0 atom stereocenters. The topological polar surface area (TPSA) is 49.7 Å². The molecule has 0 amide bonds. The van der Waals surface area contributed by atoms with Gasteiger partial charge in [0.15, 0.2) is 0 Å². The minimum absolute atomic E-state index is 0.0352. The fraction of sp³-hybridized carbons (Fsp3) is 0.538. The highest BCUT2D eigenvalue weighted by molar-refractivity contribution is 5.43. The molecule has 0 aliphatic heterocycles. The molecule has 0 bridgehead atoms. The molecule has 0 saturated heterocycles. The molecule has 0 aromatic heterocycles. The summed E-state index contributed by atoms with van der Waals surface area (Å²) < 4.78 is 5.60. The highest BCUT2D eigenvalue weighted by atomic mass is 16.5.